The number of benzene rings is 2. The minimum atomic E-state index is -0.673. The van der Waals surface area contributed by atoms with E-state index in [4.69, 9.17) is 9.47 Å². The number of ether oxygens (including phenoxy) is 2. The summed E-state index contributed by atoms with van der Waals surface area (Å²) in [4.78, 5) is 11.6. The van der Waals surface area contributed by atoms with Gasteiger partial charge in [0.1, 0.15) is 0 Å². The minimum absolute atomic E-state index is 0.212. The molecule has 0 aliphatic heterocycles. The normalized spacial score (nSPS) is 11.3. The van der Waals surface area contributed by atoms with Crippen molar-refractivity contribution < 1.29 is 35.5 Å². The summed E-state index contributed by atoms with van der Waals surface area (Å²) >= 11 is -0.212. The zero-order chi connectivity index (χ0) is 16.2. The van der Waals surface area contributed by atoms with Crippen LogP contribution >= 0.6 is 0 Å². The maximum atomic E-state index is 11.6. The molecular weight excluding hydrogens is 391 g/mol. The van der Waals surface area contributed by atoms with Crippen LogP contribution in [0.25, 0.3) is 0 Å². The first-order valence-corrected chi connectivity index (χ1v) is 9.20. The van der Waals surface area contributed by atoms with Crippen LogP contribution in [0, 0.1) is 14.1 Å². The van der Waals surface area contributed by atoms with Crippen LogP contribution in [0.2, 0.25) is 0 Å². The van der Waals surface area contributed by atoms with Crippen LogP contribution < -0.4 is 25.9 Å². The van der Waals surface area contributed by atoms with Gasteiger partial charge in [-0.1, -0.05) is 0 Å². The summed E-state index contributed by atoms with van der Waals surface area (Å²) in [6.45, 7) is 7.51. The Morgan fingerprint density at radius 1 is 0.909 bits per heavy atom. The third-order valence-electron chi connectivity index (χ3n) is 2.63. The van der Waals surface area contributed by atoms with E-state index < -0.39 is 11.8 Å². The molecule has 0 aliphatic carbocycles. The number of carbonyl (C=O) groups is 1. The van der Waals surface area contributed by atoms with Gasteiger partial charge >= 0.3 is 142 Å². The maximum absolute atomic E-state index is 11.6. The summed E-state index contributed by atoms with van der Waals surface area (Å²) in [5.41, 5.74) is 0.724. The fourth-order valence-corrected chi connectivity index (χ4v) is 3.81. The van der Waals surface area contributed by atoms with E-state index in [1.54, 1.807) is 0 Å². The second-order valence-corrected chi connectivity index (χ2v) is 8.94. The third kappa shape index (κ3) is 5.67. The molecule has 118 valence electrons. The number of rotatable bonds is 3. The van der Waals surface area contributed by atoms with Crippen LogP contribution in [0.4, 0.5) is 4.79 Å². The van der Waals surface area contributed by atoms with Crippen LogP contribution in [-0.4, -0.2) is 11.8 Å². The Morgan fingerprint density at radius 2 is 1.41 bits per heavy atom. The molecule has 0 heterocycles. The molecule has 2 aromatic carbocycles. The van der Waals surface area contributed by atoms with Crippen LogP contribution in [0.5, 0.6) is 5.75 Å². The molecule has 0 N–H and O–H groups in total. The number of carbonyl (C=O) groups excluding carboxylic acids is 1. The van der Waals surface area contributed by atoms with Crippen molar-refractivity contribution in [3.8, 4) is 5.75 Å². The van der Waals surface area contributed by atoms with Gasteiger partial charge in [-0.05, 0) is 0 Å². The van der Waals surface area contributed by atoms with E-state index in [-0.39, 0.29) is 21.2 Å². The molecule has 0 radical (unpaired) electrons. The van der Waals surface area contributed by atoms with Gasteiger partial charge in [-0.3, -0.25) is 0 Å². The van der Waals surface area contributed by atoms with Crippen molar-refractivity contribution in [2.75, 3.05) is 0 Å². The second kappa shape index (κ2) is 7.13. The summed E-state index contributed by atoms with van der Waals surface area (Å²) in [5.74, 6) is 0.505. The van der Waals surface area contributed by atoms with E-state index in [9.17, 15) is 4.79 Å². The van der Waals surface area contributed by atoms with Crippen molar-refractivity contribution in [2.24, 2.45) is 0 Å². The van der Waals surface area contributed by atoms with Gasteiger partial charge in [0, 0.05) is 0 Å². The molecule has 0 saturated carbocycles. The van der Waals surface area contributed by atoms with Crippen molar-refractivity contribution >= 4 is 6.16 Å². The molecule has 0 spiro atoms. The topological polar surface area (TPSA) is 35.5 Å². The van der Waals surface area contributed by atoms with Crippen molar-refractivity contribution in [3.05, 3.63) is 61.2 Å². The number of aryl methyl sites for hydroxylation is 1. The molecule has 2 rings (SSSR count). The average molecular weight is 411 g/mol. The van der Waals surface area contributed by atoms with E-state index >= 15 is 0 Å². The Bertz CT molecular complexity index is 625. The third-order valence-corrected chi connectivity index (χ3v) is 5.32. The van der Waals surface area contributed by atoms with Gasteiger partial charge in [-0.2, -0.15) is 0 Å². The Morgan fingerprint density at radius 3 is 1.91 bits per heavy atom. The van der Waals surface area contributed by atoms with Gasteiger partial charge in [0.2, 0.25) is 0 Å². The zero-order valence-corrected chi connectivity index (χ0v) is 15.4. The summed E-state index contributed by atoms with van der Waals surface area (Å²) in [7, 11) is 0. The Hall–Kier alpha value is -1.56. The van der Waals surface area contributed by atoms with Gasteiger partial charge in [0.25, 0.3) is 0 Å². The van der Waals surface area contributed by atoms with Crippen LogP contribution in [0.1, 0.15) is 26.3 Å². The van der Waals surface area contributed by atoms with Crippen LogP contribution in [0.3, 0.4) is 0 Å². The fourth-order valence-electron chi connectivity index (χ4n) is 1.65. The first kappa shape index (κ1) is 16.8. The Kier molecular flexibility index (Phi) is 5.45. The van der Waals surface area contributed by atoms with Gasteiger partial charge in [0.05, 0.1) is 0 Å². The molecule has 2 aromatic rings. The molecule has 0 aromatic heterocycles. The predicted molar refractivity (Wildman–Crippen MR) is 81.9 cm³/mol. The first-order valence-electron chi connectivity index (χ1n) is 7.04. The van der Waals surface area contributed by atoms with E-state index in [1.165, 1.54) is 12.7 Å². The molecule has 0 saturated heterocycles. The Labute approximate surface area is 141 Å². The van der Waals surface area contributed by atoms with E-state index in [0.29, 0.717) is 5.75 Å². The standard InChI is InChI=1S/C18H20IO3/c1-13-5-7-14(8-6-13)19-15-9-11-16(12-10-15)21-17(20)22-18(2,3)4/h5-12H,1-4H3/q-1. The molecule has 0 aliphatic rings. The number of hydrogen-bond acceptors (Lipinski definition) is 3. The molecular formula is C18H20IO3-. The number of hydrogen-bond donors (Lipinski definition) is 0. The van der Waals surface area contributed by atoms with Crippen molar-refractivity contribution in [3.63, 3.8) is 0 Å². The summed E-state index contributed by atoms with van der Waals surface area (Å²) in [6.07, 6.45) is -0.673. The quantitative estimate of drug-likeness (QED) is 0.436. The molecule has 0 bridgehead atoms. The first-order chi connectivity index (χ1) is 10.3. The van der Waals surface area contributed by atoms with Gasteiger partial charge in [-0.25, -0.2) is 0 Å². The van der Waals surface area contributed by atoms with Crippen molar-refractivity contribution in [1.29, 1.82) is 0 Å². The molecule has 4 heteroatoms. The van der Waals surface area contributed by atoms with E-state index in [2.05, 4.69) is 31.2 Å². The van der Waals surface area contributed by atoms with Crippen LogP contribution in [0.15, 0.2) is 48.5 Å². The van der Waals surface area contributed by atoms with Crippen LogP contribution in [-0.2, 0) is 4.74 Å². The predicted octanol–water partition coefficient (Wildman–Crippen LogP) is 1.44. The second-order valence-electron chi connectivity index (χ2n) is 5.91. The summed E-state index contributed by atoms with van der Waals surface area (Å²) in [6, 6.07) is 16.3. The average Bonchev–Trinajstić information content (AvgIpc) is 2.41. The molecule has 22 heavy (non-hydrogen) atoms. The SMILES string of the molecule is Cc1ccc([I-]c2ccc(OC(=O)OC(C)(C)C)cc2)cc1. The van der Waals surface area contributed by atoms with Crippen molar-refractivity contribution in [1.82, 2.24) is 0 Å². The van der Waals surface area contributed by atoms with Gasteiger partial charge in [0.15, 0.2) is 0 Å². The van der Waals surface area contributed by atoms with E-state index in [0.717, 1.165) is 0 Å². The Balaban J connectivity index is 1.95. The molecule has 0 amide bonds. The fraction of sp³-hybridized carbons (Fsp3) is 0.278. The van der Waals surface area contributed by atoms with Gasteiger partial charge in [-0.15, -0.1) is 0 Å². The molecule has 0 atom stereocenters. The monoisotopic (exact) mass is 411 g/mol. The summed E-state index contributed by atoms with van der Waals surface area (Å²) in [5, 5.41) is 0. The van der Waals surface area contributed by atoms with Crippen molar-refractivity contribution in [2.45, 2.75) is 33.3 Å². The van der Waals surface area contributed by atoms with Gasteiger partial charge < -0.3 is 0 Å². The number of halogens is 1. The molecule has 0 fully saturated rings. The summed E-state index contributed by atoms with van der Waals surface area (Å²) < 4.78 is 12.9. The zero-order valence-electron chi connectivity index (χ0n) is 13.2. The molecule has 3 nitrogen and oxygen atoms in total. The van der Waals surface area contributed by atoms with E-state index in [1.807, 2.05) is 45.0 Å². The molecule has 0 unspecified atom stereocenters.